The molecule has 0 radical (unpaired) electrons. The molecular formula is C14H20N4. The first-order valence-electron chi connectivity index (χ1n) is 6.33. The van der Waals surface area contributed by atoms with Crippen LogP contribution < -0.4 is 5.32 Å². The standard InChI is InChI=1S/C14H20N4/c1-4-5-16-14(13-9-18(3)10-17-13)12-6-11(2)7-15-8-12/h6-10,14,16H,4-5H2,1-3H3. The molecule has 0 spiro atoms. The molecular weight excluding hydrogens is 224 g/mol. The number of nitrogens with one attached hydrogen (secondary N) is 1. The molecule has 0 aromatic carbocycles. The molecule has 0 amide bonds. The summed E-state index contributed by atoms with van der Waals surface area (Å²) in [5.41, 5.74) is 3.38. The van der Waals surface area contributed by atoms with Crippen molar-refractivity contribution >= 4 is 0 Å². The molecule has 1 unspecified atom stereocenters. The zero-order chi connectivity index (χ0) is 13.0. The summed E-state index contributed by atoms with van der Waals surface area (Å²) in [5.74, 6) is 0. The Morgan fingerprint density at radius 3 is 2.83 bits per heavy atom. The van der Waals surface area contributed by atoms with Crippen LogP contribution in [0.15, 0.2) is 31.0 Å². The van der Waals surface area contributed by atoms with Crippen molar-refractivity contribution < 1.29 is 0 Å². The number of aryl methyl sites for hydroxylation is 2. The van der Waals surface area contributed by atoms with Gasteiger partial charge in [-0.3, -0.25) is 4.98 Å². The summed E-state index contributed by atoms with van der Waals surface area (Å²) in [5, 5.41) is 3.53. The molecule has 0 aliphatic rings. The van der Waals surface area contributed by atoms with Gasteiger partial charge in [-0.15, -0.1) is 0 Å². The Labute approximate surface area is 108 Å². The smallest absolute Gasteiger partial charge is 0.0947 e. The van der Waals surface area contributed by atoms with Crippen LogP contribution in [0.3, 0.4) is 0 Å². The molecule has 1 atom stereocenters. The number of nitrogens with zero attached hydrogens (tertiary/aromatic N) is 3. The predicted molar refractivity (Wildman–Crippen MR) is 72.3 cm³/mol. The molecule has 1 N–H and O–H groups in total. The summed E-state index contributed by atoms with van der Waals surface area (Å²) in [6.45, 7) is 5.19. The molecule has 2 aromatic rings. The number of aromatic nitrogens is 3. The van der Waals surface area contributed by atoms with Crippen LogP contribution in [0.2, 0.25) is 0 Å². The van der Waals surface area contributed by atoms with E-state index in [4.69, 9.17) is 0 Å². The van der Waals surface area contributed by atoms with Gasteiger partial charge in [0.05, 0.1) is 18.1 Å². The Morgan fingerprint density at radius 2 is 2.22 bits per heavy atom. The van der Waals surface area contributed by atoms with E-state index >= 15 is 0 Å². The van der Waals surface area contributed by atoms with E-state index in [1.807, 2.05) is 30.3 Å². The van der Waals surface area contributed by atoms with Gasteiger partial charge in [-0.25, -0.2) is 4.98 Å². The molecule has 0 saturated heterocycles. The van der Waals surface area contributed by atoms with E-state index in [9.17, 15) is 0 Å². The van der Waals surface area contributed by atoms with E-state index in [1.54, 1.807) is 0 Å². The first kappa shape index (κ1) is 12.8. The van der Waals surface area contributed by atoms with E-state index in [2.05, 4.69) is 41.4 Å². The largest absolute Gasteiger partial charge is 0.340 e. The van der Waals surface area contributed by atoms with E-state index in [0.717, 1.165) is 18.7 Å². The average molecular weight is 244 g/mol. The van der Waals surface area contributed by atoms with Crippen molar-refractivity contribution in [1.29, 1.82) is 0 Å². The highest BCUT2D eigenvalue weighted by Crippen LogP contribution is 2.20. The third-order valence-electron chi connectivity index (χ3n) is 2.85. The molecule has 0 saturated carbocycles. The summed E-state index contributed by atoms with van der Waals surface area (Å²) >= 11 is 0. The highest BCUT2D eigenvalue weighted by Gasteiger charge is 2.16. The second-order valence-corrected chi connectivity index (χ2v) is 4.65. The Morgan fingerprint density at radius 1 is 1.39 bits per heavy atom. The van der Waals surface area contributed by atoms with E-state index in [-0.39, 0.29) is 6.04 Å². The van der Waals surface area contributed by atoms with Crippen molar-refractivity contribution in [2.45, 2.75) is 26.3 Å². The van der Waals surface area contributed by atoms with Gasteiger partial charge < -0.3 is 9.88 Å². The molecule has 18 heavy (non-hydrogen) atoms. The molecule has 0 aliphatic heterocycles. The monoisotopic (exact) mass is 244 g/mol. The molecule has 2 rings (SSSR count). The van der Waals surface area contributed by atoms with Crippen LogP contribution in [0.25, 0.3) is 0 Å². The lowest BCUT2D eigenvalue weighted by atomic mass is 10.0. The highest BCUT2D eigenvalue weighted by atomic mass is 15.0. The first-order chi connectivity index (χ1) is 8.70. The van der Waals surface area contributed by atoms with Gasteiger partial charge in [0.25, 0.3) is 0 Å². The van der Waals surface area contributed by atoms with Gasteiger partial charge in [-0.05, 0) is 31.0 Å². The Hall–Kier alpha value is -1.68. The molecule has 0 bridgehead atoms. The number of imidazole rings is 1. The van der Waals surface area contributed by atoms with Gasteiger partial charge in [0.2, 0.25) is 0 Å². The second-order valence-electron chi connectivity index (χ2n) is 4.65. The number of pyridine rings is 1. The van der Waals surface area contributed by atoms with Crippen molar-refractivity contribution in [3.8, 4) is 0 Å². The maximum Gasteiger partial charge on any atom is 0.0947 e. The number of hydrogen-bond donors (Lipinski definition) is 1. The summed E-state index contributed by atoms with van der Waals surface area (Å²) in [6, 6.07) is 2.29. The van der Waals surface area contributed by atoms with E-state index < -0.39 is 0 Å². The van der Waals surface area contributed by atoms with Gasteiger partial charge in [0, 0.05) is 25.6 Å². The van der Waals surface area contributed by atoms with Gasteiger partial charge in [-0.2, -0.15) is 0 Å². The zero-order valence-corrected chi connectivity index (χ0v) is 11.2. The van der Waals surface area contributed by atoms with Crippen LogP contribution in [0.4, 0.5) is 0 Å². The van der Waals surface area contributed by atoms with Gasteiger partial charge in [-0.1, -0.05) is 13.0 Å². The molecule has 0 aliphatic carbocycles. The van der Waals surface area contributed by atoms with E-state index in [0.29, 0.717) is 0 Å². The molecule has 4 heteroatoms. The molecule has 4 nitrogen and oxygen atoms in total. The normalized spacial score (nSPS) is 12.6. The Kier molecular flexibility index (Phi) is 4.10. The molecule has 2 aromatic heterocycles. The Balaban J connectivity index is 2.30. The fraction of sp³-hybridized carbons (Fsp3) is 0.429. The van der Waals surface area contributed by atoms with Crippen LogP contribution >= 0.6 is 0 Å². The van der Waals surface area contributed by atoms with Gasteiger partial charge in [0.1, 0.15) is 0 Å². The predicted octanol–water partition coefficient (Wildman–Crippen LogP) is 2.21. The minimum absolute atomic E-state index is 0.124. The van der Waals surface area contributed by atoms with Crippen molar-refractivity contribution in [2.24, 2.45) is 7.05 Å². The third kappa shape index (κ3) is 2.96. The minimum atomic E-state index is 0.124. The summed E-state index contributed by atoms with van der Waals surface area (Å²) < 4.78 is 1.97. The van der Waals surface area contributed by atoms with Gasteiger partial charge in [0.15, 0.2) is 0 Å². The molecule has 2 heterocycles. The first-order valence-corrected chi connectivity index (χ1v) is 6.33. The quantitative estimate of drug-likeness (QED) is 0.877. The van der Waals surface area contributed by atoms with Crippen LogP contribution in [-0.4, -0.2) is 21.1 Å². The van der Waals surface area contributed by atoms with Crippen molar-refractivity contribution in [2.75, 3.05) is 6.54 Å². The SMILES string of the molecule is CCCNC(c1cncc(C)c1)c1cn(C)cn1. The summed E-state index contributed by atoms with van der Waals surface area (Å²) in [6.07, 6.45) is 8.77. The maximum absolute atomic E-state index is 4.45. The fourth-order valence-corrected chi connectivity index (χ4v) is 2.00. The lowest BCUT2D eigenvalue weighted by Crippen LogP contribution is -2.23. The lowest BCUT2D eigenvalue weighted by molar-refractivity contribution is 0.586. The minimum Gasteiger partial charge on any atom is -0.340 e. The van der Waals surface area contributed by atoms with Crippen molar-refractivity contribution in [3.05, 3.63) is 47.8 Å². The Bertz CT molecular complexity index is 504. The van der Waals surface area contributed by atoms with Crippen LogP contribution in [0, 0.1) is 6.92 Å². The van der Waals surface area contributed by atoms with Crippen LogP contribution in [-0.2, 0) is 7.05 Å². The number of hydrogen-bond acceptors (Lipinski definition) is 3. The van der Waals surface area contributed by atoms with Crippen LogP contribution in [0.5, 0.6) is 0 Å². The van der Waals surface area contributed by atoms with Crippen molar-refractivity contribution in [1.82, 2.24) is 19.9 Å². The van der Waals surface area contributed by atoms with Crippen molar-refractivity contribution in [3.63, 3.8) is 0 Å². The summed E-state index contributed by atoms with van der Waals surface area (Å²) in [4.78, 5) is 8.72. The van der Waals surface area contributed by atoms with Gasteiger partial charge >= 0.3 is 0 Å². The average Bonchev–Trinajstić information content (AvgIpc) is 2.76. The number of rotatable bonds is 5. The van der Waals surface area contributed by atoms with E-state index in [1.165, 1.54) is 11.1 Å². The maximum atomic E-state index is 4.45. The lowest BCUT2D eigenvalue weighted by Gasteiger charge is -2.17. The van der Waals surface area contributed by atoms with Crippen LogP contribution in [0.1, 0.15) is 36.2 Å². The molecule has 0 fully saturated rings. The zero-order valence-electron chi connectivity index (χ0n) is 11.2. The fourth-order valence-electron chi connectivity index (χ4n) is 2.00. The highest BCUT2D eigenvalue weighted by molar-refractivity contribution is 5.27. The summed E-state index contributed by atoms with van der Waals surface area (Å²) in [7, 11) is 1.99. The molecule has 96 valence electrons. The topological polar surface area (TPSA) is 42.7 Å². The second kappa shape index (κ2) is 5.78. The third-order valence-corrected chi connectivity index (χ3v) is 2.85.